The Balaban J connectivity index is 1.81. The minimum atomic E-state index is 0.0178. The van der Waals surface area contributed by atoms with Gasteiger partial charge < -0.3 is 10.0 Å². The maximum Gasteiger partial charge on any atom is 0.257 e. The van der Waals surface area contributed by atoms with Crippen molar-refractivity contribution in [2.45, 2.75) is 57.9 Å². The number of aryl methyl sites for hydroxylation is 1. The molecule has 1 unspecified atom stereocenters. The molecule has 0 radical (unpaired) electrons. The van der Waals surface area contributed by atoms with Crippen molar-refractivity contribution >= 4 is 5.91 Å². The summed E-state index contributed by atoms with van der Waals surface area (Å²) in [5, 5.41) is 10.2. The SMILES string of the molecule is Cc1cccc(C(=O)N2CCCC2C2CCCCC2)c1O. The van der Waals surface area contributed by atoms with E-state index in [2.05, 4.69) is 0 Å². The first-order valence-corrected chi connectivity index (χ1v) is 8.28. The maximum atomic E-state index is 12.8. The van der Waals surface area contributed by atoms with Gasteiger partial charge in [0.15, 0.2) is 0 Å². The van der Waals surface area contributed by atoms with E-state index in [0.717, 1.165) is 24.9 Å². The first kappa shape index (κ1) is 14.4. The number of nitrogens with zero attached hydrogens (tertiary/aromatic N) is 1. The molecule has 114 valence electrons. The molecular formula is C18H25NO2. The highest BCUT2D eigenvalue weighted by Gasteiger charge is 2.36. The summed E-state index contributed by atoms with van der Waals surface area (Å²) >= 11 is 0. The predicted molar refractivity (Wildman–Crippen MR) is 83.5 cm³/mol. The zero-order chi connectivity index (χ0) is 14.8. The molecule has 1 N–H and O–H groups in total. The molecule has 1 aromatic carbocycles. The molecule has 1 saturated carbocycles. The third kappa shape index (κ3) is 2.78. The van der Waals surface area contributed by atoms with E-state index in [1.165, 1.54) is 32.1 Å². The quantitative estimate of drug-likeness (QED) is 0.896. The van der Waals surface area contributed by atoms with Gasteiger partial charge >= 0.3 is 0 Å². The standard InChI is InChI=1S/C18H25NO2/c1-13-7-5-10-15(17(13)20)18(21)19-12-6-11-16(19)14-8-3-2-4-9-14/h5,7,10,14,16,20H,2-4,6,8-9,11-12H2,1H3. The Bertz CT molecular complexity index is 520. The number of rotatable bonds is 2. The number of phenols is 1. The van der Waals surface area contributed by atoms with Crippen molar-refractivity contribution in [2.75, 3.05) is 6.54 Å². The molecule has 3 rings (SSSR count). The molecular weight excluding hydrogens is 262 g/mol. The minimum Gasteiger partial charge on any atom is -0.507 e. The predicted octanol–water partition coefficient (Wildman–Crippen LogP) is 3.89. The second kappa shape index (κ2) is 6.08. The van der Waals surface area contributed by atoms with Crippen molar-refractivity contribution in [2.24, 2.45) is 5.92 Å². The normalized spacial score (nSPS) is 23.5. The Labute approximate surface area is 127 Å². The van der Waals surface area contributed by atoms with Crippen molar-refractivity contribution in [3.05, 3.63) is 29.3 Å². The molecule has 1 aliphatic heterocycles. The number of amides is 1. The van der Waals surface area contributed by atoms with Gasteiger partial charge in [-0.05, 0) is 50.2 Å². The van der Waals surface area contributed by atoms with E-state index in [0.29, 0.717) is 17.5 Å². The van der Waals surface area contributed by atoms with Gasteiger partial charge in [0.05, 0.1) is 5.56 Å². The van der Waals surface area contributed by atoms with Crippen molar-refractivity contribution < 1.29 is 9.90 Å². The third-order valence-electron chi connectivity index (χ3n) is 5.22. The monoisotopic (exact) mass is 287 g/mol. The smallest absolute Gasteiger partial charge is 0.257 e. The number of benzene rings is 1. The van der Waals surface area contributed by atoms with E-state index in [9.17, 15) is 9.90 Å². The minimum absolute atomic E-state index is 0.0178. The molecule has 1 aliphatic carbocycles. The average molecular weight is 287 g/mol. The maximum absolute atomic E-state index is 12.8. The summed E-state index contributed by atoms with van der Waals surface area (Å²) in [4.78, 5) is 14.9. The Morgan fingerprint density at radius 2 is 1.90 bits per heavy atom. The lowest BCUT2D eigenvalue weighted by atomic mass is 9.83. The van der Waals surface area contributed by atoms with Gasteiger partial charge in [-0.15, -0.1) is 0 Å². The molecule has 1 saturated heterocycles. The topological polar surface area (TPSA) is 40.5 Å². The summed E-state index contributed by atoms with van der Waals surface area (Å²) in [6.07, 6.45) is 8.69. The molecule has 0 spiro atoms. The van der Waals surface area contributed by atoms with E-state index in [-0.39, 0.29) is 11.7 Å². The largest absolute Gasteiger partial charge is 0.507 e. The number of carbonyl (C=O) groups is 1. The Morgan fingerprint density at radius 3 is 2.67 bits per heavy atom. The van der Waals surface area contributed by atoms with Gasteiger partial charge in [0, 0.05) is 12.6 Å². The van der Waals surface area contributed by atoms with E-state index in [1.54, 1.807) is 6.07 Å². The van der Waals surface area contributed by atoms with Crippen molar-refractivity contribution in [1.29, 1.82) is 0 Å². The number of aromatic hydroxyl groups is 1. The third-order valence-corrected chi connectivity index (χ3v) is 5.22. The fourth-order valence-electron chi connectivity index (χ4n) is 4.04. The van der Waals surface area contributed by atoms with Gasteiger partial charge in [0.1, 0.15) is 5.75 Å². The molecule has 21 heavy (non-hydrogen) atoms. The van der Waals surface area contributed by atoms with E-state index in [4.69, 9.17) is 0 Å². The van der Waals surface area contributed by atoms with Crippen LogP contribution in [-0.2, 0) is 0 Å². The summed E-state index contributed by atoms with van der Waals surface area (Å²) in [6.45, 7) is 2.68. The van der Waals surface area contributed by atoms with Crippen LogP contribution in [0, 0.1) is 12.8 Å². The molecule has 0 bridgehead atoms. The Morgan fingerprint density at radius 1 is 1.14 bits per heavy atom. The van der Waals surface area contributed by atoms with Gasteiger partial charge in [-0.3, -0.25) is 4.79 Å². The van der Waals surface area contributed by atoms with Crippen molar-refractivity contribution in [3.63, 3.8) is 0 Å². The second-order valence-corrected chi connectivity index (χ2v) is 6.58. The zero-order valence-corrected chi connectivity index (χ0v) is 12.8. The van der Waals surface area contributed by atoms with Crippen LogP contribution in [0.3, 0.4) is 0 Å². The highest BCUT2D eigenvalue weighted by Crippen LogP contribution is 2.36. The van der Waals surface area contributed by atoms with E-state index in [1.807, 2.05) is 24.0 Å². The molecule has 1 heterocycles. The number of phenolic OH excluding ortho intramolecular Hbond substituents is 1. The number of hydrogen-bond acceptors (Lipinski definition) is 2. The van der Waals surface area contributed by atoms with Crippen LogP contribution in [0.4, 0.5) is 0 Å². The highest BCUT2D eigenvalue weighted by atomic mass is 16.3. The fraction of sp³-hybridized carbons (Fsp3) is 0.611. The van der Waals surface area contributed by atoms with Crippen LogP contribution >= 0.6 is 0 Å². The Kier molecular flexibility index (Phi) is 4.18. The number of likely N-dealkylation sites (tertiary alicyclic amines) is 1. The first-order chi connectivity index (χ1) is 10.2. The summed E-state index contributed by atoms with van der Waals surface area (Å²) in [5.74, 6) is 0.832. The molecule has 2 aliphatic rings. The fourth-order valence-corrected chi connectivity index (χ4v) is 4.04. The molecule has 1 atom stereocenters. The molecule has 2 fully saturated rings. The van der Waals surface area contributed by atoms with Crippen LogP contribution in [0.1, 0.15) is 60.9 Å². The molecule has 3 heteroatoms. The van der Waals surface area contributed by atoms with Gasteiger partial charge in [0.25, 0.3) is 5.91 Å². The number of para-hydroxylation sites is 1. The lowest BCUT2D eigenvalue weighted by Gasteiger charge is -2.34. The molecule has 3 nitrogen and oxygen atoms in total. The number of carbonyl (C=O) groups excluding carboxylic acids is 1. The van der Waals surface area contributed by atoms with E-state index < -0.39 is 0 Å². The van der Waals surface area contributed by atoms with E-state index >= 15 is 0 Å². The van der Waals surface area contributed by atoms with Crippen LogP contribution in [0.25, 0.3) is 0 Å². The van der Waals surface area contributed by atoms with Gasteiger partial charge in [0.2, 0.25) is 0 Å². The van der Waals surface area contributed by atoms with Gasteiger partial charge in [-0.25, -0.2) is 0 Å². The highest BCUT2D eigenvalue weighted by molar-refractivity contribution is 5.97. The van der Waals surface area contributed by atoms with Crippen molar-refractivity contribution in [1.82, 2.24) is 4.90 Å². The first-order valence-electron chi connectivity index (χ1n) is 8.28. The Hall–Kier alpha value is -1.51. The van der Waals surface area contributed by atoms with Gasteiger partial charge in [-0.2, -0.15) is 0 Å². The molecule has 1 aromatic rings. The van der Waals surface area contributed by atoms with Crippen LogP contribution in [-0.4, -0.2) is 28.5 Å². The second-order valence-electron chi connectivity index (χ2n) is 6.58. The summed E-state index contributed by atoms with van der Waals surface area (Å²) < 4.78 is 0. The lowest BCUT2D eigenvalue weighted by molar-refractivity contribution is 0.0658. The van der Waals surface area contributed by atoms with Crippen LogP contribution in [0.2, 0.25) is 0 Å². The van der Waals surface area contributed by atoms with Crippen LogP contribution < -0.4 is 0 Å². The van der Waals surface area contributed by atoms with Gasteiger partial charge in [-0.1, -0.05) is 31.4 Å². The number of hydrogen-bond donors (Lipinski definition) is 1. The zero-order valence-electron chi connectivity index (χ0n) is 12.8. The lowest BCUT2D eigenvalue weighted by Crippen LogP contribution is -2.40. The molecule has 1 amide bonds. The van der Waals surface area contributed by atoms with Crippen LogP contribution in [0.15, 0.2) is 18.2 Å². The summed E-state index contributed by atoms with van der Waals surface area (Å²) in [6, 6.07) is 5.83. The average Bonchev–Trinajstić information content (AvgIpc) is 3.00. The summed E-state index contributed by atoms with van der Waals surface area (Å²) in [5.41, 5.74) is 1.24. The summed E-state index contributed by atoms with van der Waals surface area (Å²) in [7, 11) is 0. The van der Waals surface area contributed by atoms with Crippen LogP contribution in [0.5, 0.6) is 5.75 Å². The molecule has 0 aromatic heterocycles. The van der Waals surface area contributed by atoms with Crippen molar-refractivity contribution in [3.8, 4) is 5.75 Å².